The van der Waals surface area contributed by atoms with Gasteiger partial charge in [-0.15, -0.1) is 6.58 Å². The van der Waals surface area contributed by atoms with E-state index >= 15 is 0 Å². The number of hydrogen-bond donors (Lipinski definition) is 1. The molecule has 0 spiro atoms. The number of para-hydroxylation sites is 3. The molecule has 0 fully saturated rings. The zero-order valence-electron chi connectivity index (χ0n) is 19.6. The molecule has 33 heavy (non-hydrogen) atoms. The topological polar surface area (TPSA) is 65.4 Å². The number of allylic oxidation sites excluding steroid dienone is 1. The highest BCUT2D eigenvalue weighted by Gasteiger charge is 2.10. The van der Waals surface area contributed by atoms with Gasteiger partial charge in [-0.3, -0.25) is 4.79 Å². The summed E-state index contributed by atoms with van der Waals surface area (Å²) >= 11 is 0. The molecular formula is C27H35N3O3. The fourth-order valence-electron chi connectivity index (χ4n) is 3.93. The fraction of sp³-hybridized carbons (Fsp3) is 0.407. The first-order valence-corrected chi connectivity index (χ1v) is 11.7. The molecule has 0 saturated carbocycles. The first-order chi connectivity index (χ1) is 16.2. The summed E-state index contributed by atoms with van der Waals surface area (Å²) in [6, 6.07) is 16.5. The number of aromatic nitrogens is 2. The molecule has 176 valence electrons. The number of benzene rings is 2. The summed E-state index contributed by atoms with van der Waals surface area (Å²) in [6.07, 6.45) is 7.56. The molecule has 0 atom stereocenters. The Hall–Kier alpha value is -3.12. The minimum absolute atomic E-state index is 0.0615. The molecule has 0 bridgehead atoms. The van der Waals surface area contributed by atoms with Crippen LogP contribution in [0.4, 0.5) is 0 Å². The van der Waals surface area contributed by atoms with Crippen molar-refractivity contribution >= 4 is 16.9 Å². The molecule has 0 aliphatic rings. The largest absolute Gasteiger partial charge is 0.493 e. The van der Waals surface area contributed by atoms with Crippen LogP contribution in [0.2, 0.25) is 0 Å². The molecule has 6 nitrogen and oxygen atoms in total. The van der Waals surface area contributed by atoms with E-state index in [0.717, 1.165) is 62.2 Å². The predicted molar refractivity (Wildman–Crippen MR) is 133 cm³/mol. The van der Waals surface area contributed by atoms with Crippen LogP contribution in [-0.4, -0.2) is 42.3 Å². The highest BCUT2D eigenvalue weighted by molar-refractivity contribution is 5.77. The number of aryl methyl sites for hydroxylation is 2. The third-order valence-electron chi connectivity index (χ3n) is 5.53. The molecule has 2 aromatic carbocycles. The fourth-order valence-corrected chi connectivity index (χ4v) is 3.93. The number of nitrogens with zero attached hydrogens (tertiary/aromatic N) is 2. The van der Waals surface area contributed by atoms with E-state index in [-0.39, 0.29) is 12.5 Å². The van der Waals surface area contributed by atoms with Crippen LogP contribution in [0.25, 0.3) is 11.0 Å². The average Bonchev–Trinajstić information content (AvgIpc) is 3.17. The van der Waals surface area contributed by atoms with Gasteiger partial charge in [0.1, 0.15) is 18.2 Å². The van der Waals surface area contributed by atoms with Gasteiger partial charge in [0.25, 0.3) is 0 Å². The normalized spacial score (nSPS) is 10.9. The third-order valence-corrected chi connectivity index (χ3v) is 5.53. The third kappa shape index (κ3) is 7.46. The SMILES string of the molecule is C=CCc1ccccc1OCCCn1c(CCCCCNC(=O)COC)nc2ccccc21. The Kier molecular flexibility index (Phi) is 9.98. The Bertz CT molecular complexity index is 1030. The molecule has 1 N–H and O–H groups in total. The van der Waals surface area contributed by atoms with Crippen LogP contribution in [0.15, 0.2) is 61.2 Å². The number of carbonyl (C=O) groups is 1. The van der Waals surface area contributed by atoms with Crippen LogP contribution >= 0.6 is 0 Å². The maximum absolute atomic E-state index is 11.4. The van der Waals surface area contributed by atoms with E-state index in [1.165, 1.54) is 18.2 Å². The molecule has 1 amide bonds. The van der Waals surface area contributed by atoms with Crippen molar-refractivity contribution in [2.75, 3.05) is 26.9 Å². The van der Waals surface area contributed by atoms with Crippen LogP contribution in [0.3, 0.4) is 0 Å². The maximum Gasteiger partial charge on any atom is 0.245 e. The molecule has 0 radical (unpaired) electrons. The molecule has 0 saturated heterocycles. The number of carbonyl (C=O) groups excluding carboxylic acids is 1. The molecule has 1 heterocycles. The highest BCUT2D eigenvalue weighted by Crippen LogP contribution is 2.21. The second-order valence-electron chi connectivity index (χ2n) is 8.06. The summed E-state index contributed by atoms with van der Waals surface area (Å²) < 4.78 is 13.2. The van der Waals surface area contributed by atoms with Crippen molar-refractivity contribution in [3.8, 4) is 5.75 Å². The monoisotopic (exact) mass is 449 g/mol. The van der Waals surface area contributed by atoms with Crippen LogP contribution in [0, 0.1) is 0 Å². The second-order valence-corrected chi connectivity index (χ2v) is 8.06. The van der Waals surface area contributed by atoms with Gasteiger partial charge in [-0.1, -0.05) is 42.8 Å². The van der Waals surface area contributed by atoms with Crippen molar-refractivity contribution in [1.82, 2.24) is 14.9 Å². The zero-order chi connectivity index (χ0) is 23.3. The Balaban J connectivity index is 1.51. The van der Waals surface area contributed by atoms with E-state index in [4.69, 9.17) is 14.5 Å². The molecular weight excluding hydrogens is 414 g/mol. The van der Waals surface area contributed by atoms with Gasteiger partial charge in [0.05, 0.1) is 17.6 Å². The van der Waals surface area contributed by atoms with Gasteiger partial charge in [0.15, 0.2) is 0 Å². The highest BCUT2D eigenvalue weighted by atomic mass is 16.5. The summed E-state index contributed by atoms with van der Waals surface area (Å²) in [7, 11) is 1.53. The first-order valence-electron chi connectivity index (χ1n) is 11.7. The quantitative estimate of drug-likeness (QED) is 0.270. The molecule has 0 aliphatic heterocycles. The van der Waals surface area contributed by atoms with Crippen LogP contribution in [0.1, 0.15) is 37.1 Å². The van der Waals surface area contributed by atoms with E-state index in [2.05, 4.69) is 40.7 Å². The molecule has 1 aromatic heterocycles. The summed E-state index contributed by atoms with van der Waals surface area (Å²) in [6.45, 7) is 6.16. The minimum atomic E-state index is -0.0615. The van der Waals surface area contributed by atoms with Crippen molar-refractivity contribution < 1.29 is 14.3 Å². The summed E-state index contributed by atoms with van der Waals surface area (Å²) in [4.78, 5) is 16.3. The lowest BCUT2D eigenvalue weighted by molar-refractivity contribution is -0.124. The molecule has 0 aliphatic carbocycles. The van der Waals surface area contributed by atoms with Gasteiger partial charge < -0.3 is 19.4 Å². The number of ether oxygens (including phenoxy) is 2. The standard InChI is InChI=1S/C27H35N3O3/c1-3-12-22-13-6-9-16-25(22)33-20-11-19-30-24-15-8-7-14-23(24)29-26(30)17-5-4-10-18-28-27(31)21-32-2/h3,6-9,13-16H,1,4-5,10-12,17-21H2,2H3,(H,28,31). The van der Waals surface area contributed by atoms with Gasteiger partial charge in [0.2, 0.25) is 5.91 Å². The van der Waals surface area contributed by atoms with E-state index in [0.29, 0.717) is 13.2 Å². The summed E-state index contributed by atoms with van der Waals surface area (Å²) in [5.41, 5.74) is 3.38. The van der Waals surface area contributed by atoms with E-state index in [9.17, 15) is 4.79 Å². The number of imidazole rings is 1. The van der Waals surface area contributed by atoms with Crippen molar-refractivity contribution in [3.63, 3.8) is 0 Å². The minimum Gasteiger partial charge on any atom is -0.493 e. The number of unbranched alkanes of at least 4 members (excludes halogenated alkanes) is 2. The summed E-state index contributed by atoms with van der Waals surface area (Å²) in [5.74, 6) is 1.99. The van der Waals surface area contributed by atoms with Crippen molar-refractivity contribution in [2.24, 2.45) is 0 Å². The van der Waals surface area contributed by atoms with Gasteiger partial charge in [-0.2, -0.15) is 0 Å². The first kappa shape index (κ1) is 24.5. The predicted octanol–water partition coefficient (Wildman–Crippen LogP) is 4.71. The lowest BCUT2D eigenvalue weighted by Crippen LogP contribution is -2.27. The van der Waals surface area contributed by atoms with Gasteiger partial charge in [-0.05, 0) is 49.4 Å². The van der Waals surface area contributed by atoms with Crippen LogP contribution in [0.5, 0.6) is 5.75 Å². The van der Waals surface area contributed by atoms with E-state index in [1.807, 2.05) is 30.3 Å². The van der Waals surface area contributed by atoms with Gasteiger partial charge >= 0.3 is 0 Å². The Morgan fingerprint density at radius 3 is 2.76 bits per heavy atom. The van der Waals surface area contributed by atoms with Gasteiger partial charge in [0, 0.05) is 26.6 Å². The van der Waals surface area contributed by atoms with Gasteiger partial charge in [-0.25, -0.2) is 4.98 Å². The average molecular weight is 450 g/mol. The van der Waals surface area contributed by atoms with E-state index < -0.39 is 0 Å². The van der Waals surface area contributed by atoms with Crippen molar-refractivity contribution in [2.45, 2.75) is 45.1 Å². The lowest BCUT2D eigenvalue weighted by Gasteiger charge is -2.12. The lowest BCUT2D eigenvalue weighted by atomic mass is 10.1. The van der Waals surface area contributed by atoms with Crippen molar-refractivity contribution in [3.05, 3.63) is 72.6 Å². The maximum atomic E-state index is 11.4. The number of fused-ring (bicyclic) bond motifs is 1. The summed E-state index contributed by atoms with van der Waals surface area (Å²) in [5, 5.41) is 2.87. The number of amides is 1. The molecule has 3 rings (SSSR count). The number of nitrogens with one attached hydrogen (secondary N) is 1. The Morgan fingerprint density at radius 1 is 1.09 bits per heavy atom. The van der Waals surface area contributed by atoms with Crippen LogP contribution in [-0.2, 0) is 28.9 Å². The molecule has 3 aromatic rings. The zero-order valence-corrected chi connectivity index (χ0v) is 19.6. The Morgan fingerprint density at radius 2 is 1.91 bits per heavy atom. The van der Waals surface area contributed by atoms with Crippen molar-refractivity contribution in [1.29, 1.82) is 0 Å². The number of hydrogen-bond acceptors (Lipinski definition) is 4. The molecule has 0 unspecified atom stereocenters. The smallest absolute Gasteiger partial charge is 0.245 e. The van der Waals surface area contributed by atoms with Crippen LogP contribution < -0.4 is 10.1 Å². The number of methoxy groups -OCH3 is 1. The molecule has 6 heteroatoms. The number of rotatable bonds is 15. The second kappa shape index (κ2) is 13.4. The Labute approximate surface area is 196 Å². The van der Waals surface area contributed by atoms with E-state index in [1.54, 1.807) is 0 Å².